The summed E-state index contributed by atoms with van der Waals surface area (Å²) in [6, 6.07) is 6.94. The maximum absolute atomic E-state index is 12.2. The van der Waals surface area contributed by atoms with Crippen molar-refractivity contribution in [1.82, 2.24) is 14.9 Å². The molecule has 1 aromatic heterocycles. The molecule has 1 aromatic carbocycles. The summed E-state index contributed by atoms with van der Waals surface area (Å²) in [6.07, 6.45) is 3.19. The Hall–Kier alpha value is -2.18. The molecule has 0 spiro atoms. The van der Waals surface area contributed by atoms with Gasteiger partial charge in [-0.3, -0.25) is 4.79 Å². The van der Waals surface area contributed by atoms with Crippen molar-refractivity contribution in [3.8, 4) is 0 Å². The molecule has 3 rings (SSSR count). The lowest BCUT2D eigenvalue weighted by Gasteiger charge is -2.34. The number of amides is 1. The van der Waals surface area contributed by atoms with Gasteiger partial charge in [0.15, 0.2) is 0 Å². The summed E-state index contributed by atoms with van der Waals surface area (Å²) in [4.78, 5) is 25.4. The minimum atomic E-state index is -0.285. The summed E-state index contributed by atoms with van der Waals surface area (Å²) in [5, 5.41) is 3.40. The van der Waals surface area contributed by atoms with Crippen molar-refractivity contribution < 1.29 is 4.79 Å². The molecular formula is C17H20ClN5O. The van der Waals surface area contributed by atoms with Crippen LogP contribution in [0.15, 0.2) is 36.7 Å². The van der Waals surface area contributed by atoms with Crippen molar-refractivity contribution in [2.24, 2.45) is 0 Å². The fourth-order valence-electron chi connectivity index (χ4n) is 2.62. The summed E-state index contributed by atoms with van der Waals surface area (Å²) in [6.45, 7) is 7.15. The molecular weight excluding hydrogens is 326 g/mol. The second kappa shape index (κ2) is 7.59. The second-order valence-corrected chi connectivity index (χ2v) is 6.08. The van der Waals surface area contributed by atoms with Gasteiger partial charge in [-0.2, -0.15) is 0 Å². The molecule has 24 heavy (non-hydrogen) atoms. The number of nitrogens with zero attached hydrogens (tertiary/aromatic N) is 4. The van der Waals surface area contributed by atoms with Crippen LogP contribution in [-0.2, 0) is 0 Å². The molecule has 1 aliphatic rings. The van der Waals surface area contributed by atoms with Crippen molar-refractivity contribution in [1.29, 1.82) is 0 Å². The van der Waals surface area contributed by atoms with E-state index in [2.05, 4.69) is 32.0 Å². The zero-order valence-electron chi connectivity index (χ0n) is 13.6. The number of hydrogen-bond acceptors (Lipinski definition) is 5. The van der Waals surface area contributed by atoms with Gasteiger partial charge < -0.3 is 15.1 Å². The highest BCUT2D eigenvalue weighted by Crippen LogP contribution is 2.15. The van der Waals surface area contributed by atoms with Gasteiger partial charge >= 0.3 is 0 Å². The number of anilines is 2. The fraction of sp³-hybridized carbons (Fsp3) is 0.353. The quantitative estimate of drug-likeness (QED) is 0.922. The van der Waals surface area contributed by atoms with Crippen molar-refractivity contribution in [3.63, 3.8) is 0 Å². The number of aromatic nitrogens is 2. The predicted molar refractivity (Wildman–Crippen MR) is 95.8 cm³/mol. The molecule has 0 aliphatic carbocycles. The first-order chi connectivity index (χ1) is 11.7. The highest BCUT2D eigenvalue weighted by atomic mass is 35.5. The number of hydrogen-bond donors (Lipinski definition) is 1. The molecule has 2 heterocycles. The zero-order valence-corrected chi connectivity index (χ0v) is 14.3. The van der Waals surface area contributed by atoms with Crippen LogP contribution in [0, 0.1) is 0 Å². The van der Waals surface area contributed by atoms with E-state index >= 15 is 0 Å². The van der Waals surface area contributed by atoms with Crippen LogP contribution in [0.1, 0.15) is 17.4 Å². The van der Waals surface area contributed by atoms with Gasteiger partial charge in [0, 0.05) is 36.9 Å². The SMILES string of the molecule is CCN1CCN(c2cnc(C(=O)Nc3ccc(Cl)cc3)cn2)CC1. The van der Waals surface area contributed by atoms with Gasteiger partial charge in [-0.1, -0.05) is 18.5 Å². The average Bonchev–Trinajstić information content (AvgIpc) is 2.64. The van der Waals surface area contributed by atoms with Gasteiger partial charge in [0.05, 0.1) is 12.4 Å². The van der Waals surface area contributed by atoms with E-state index in [1.54, 1.807) is 30.5 Å². The lowest BCUT2D eigenvalue weighted by Crippen LogP contribution is -2.46. The third-order valence-electron chi connectivity index (χ3n) is 4.12. The number of carbonyl (C=O) groups excluding carboxylic acids is 1. The number of benzene rings is 1. The third-order valence-corrected chi connectivity index (χ3v) is 4.37. The molecule has 1 amide bonds. The van der Waals surface area contributed by atoms with Crippen LogP contribution in [0.2, 0.25) is 5.02 Å². The van der Waals surface area contributed by atoms with E-state index in [0.29, 0.717) is 16.4 Å². The lowest BCUT2D eigenvalue weighted by atomic mass is 10.3. The minimum absolute atomic E-state index is 0.285. The van der Waals surface area contributed by atoms with Crippen LogP contribution < -0.4 is 10.2 Å². The Labute approximate surface area is 146 Å². The van der Waals surface area contributed by atoms with Crippen molar-refractivity contribution in [2.75, 3.05) is 42.9 Å². The third kappa shape index (κ3) is 4.01. The number of piperazine rings is 1. The smallest absolute Gasteiger partial charge is 0.275 e. The Balaban J connectivity index is 1.61. The average molecular weight is 346 g/mol. The van der Waals surface area contributed by atoms with E-state index in [4.69, 9.17) is 11.6 Å². The maximum atomic E-state index is 12.2. The Bertz CT molecular complexity index is 681. The standard InChI is InChI=1S/C17H20ClN5O/c1-2-22-7-9-23(10-8-22)16-12-19-15(11-20-16)17(24)21-14-5-3-13(18)4-6-14/h3-6,11-12H,2,7-10H2,1H3,(H,21,24). The number of nitrogens with one attached hydrogen (secondary N) is 1. The fourth-order valence-corrected chi connectivity index (χ4v) is 2.75. The van der Waals surface area contributed by atoms with E-state index in [1.807, 2.05) is 0 Å². The second-order valence-electron chi connectivity index (χ2n) is 5.64. The molecule has 2 aromatic rings. The molecule has 1 saturated heterocycles. The summed E-state index contributed by atoms with van der Waals surface area (Å²) in [5.41, 5.74) is 0.965. The van der Waals surface area contributed by atoms with Crippen LogP contribution in [0.25, 0.3) is 0 Å². The number of carbonyl (C=O) groups is 1. The van der Waals surface area contributed by atoms with Crippen LogP contribution in [0.3, 0.4) is 0 Å². The molecule has 0 bridgehead atoms. The highest BCUT2D eigenvalue weighted by molar-refractivity contribution is 6.30. The Morgan fingerprint density at radius 3 is 2.42 bits per heavy atom. The van der Waals surface area contributed by atoms with Crippen molar-refractivity contribution >= 4 is 29.0 Å². The van der Waals surface area contributed by atoms with Crippen LogP contribution >= 0.6 is 11.6 Å². The number of halogens is 1. The van der Waals surface area contributed by atoms with Gasteiger partial charge in [-0.25, -0.2) is 9.97 Å². The molecule has 0 atom stereocenters. The summed E-state index contributed by atoms with van der Waals surface area (Å²) < 4.78 is 0. The Morgan fingerprint density at radius 2 is 1.83 bits per heavy atom. The van der Waals surface area contributed by atoms with E-state index < -0.39 is 0 Å². The molecule has 7 heteroatoms. The lowest BCUT2D eigenvalue weighted by molar-refractivity contribution is 0.102. The summed E-state index contributed by atoms with van der Waals surface area (Å²) >= 11 is 5.83. The first-order valence-corrected chi connectivity index (χ1v) is 8.40. The molecule has 1 N–H and O–H groups in total. The van der Waals surface area contributed by atoms with Crippen molar-refractivity contribution in [3.05, 3.63) is 47.4 Å². The Kier molecular flexibility index (Phi) is 5.27. The summed E-state index contributed by atoms with van der Waals surface area (Å²) in [7, 11) is 0. The first-order valence-electron chi connectivity index (χ1n) is 8.02. The van der Waals surface area contributed by atoms with Crippen LogP contribution in [0.5, 0.6) is 0 Å². The Morgan fingerprint density at radius 1 is 1.12 bits per heavy atom. The zero-order chi connectivity index (χ0) is 16.9. The largest absolute Gasteiger partial charge is 0.353 e. The van der Waals surface area contributed by atoms with Crippen LogP contribution in [0.4, 0.5) is 11.5 Å². The van der Waals surface area contributed by atoms with E-state index in [0.717, 1.165) is 38.5 Å². The van der Waals surface area contributed by atoms with Gasteiger partial charge in [-0.15, -0.1) is 0 Å². The molecule has 0 saturated carbocycles. The molecule has 6 nitrogen and oxygen atoms in total. The molecule has 0 unspecified atom stereocenters. The predicted octanol–water partition coefficient (Wildman–Crippen LogP) is 2.52. The topological polar surface area (TPSA) is 61.4 Å². The molecule has 0 radical (unpaired) electrons. The first kappa shape index (κ1) is 16.7. The number of rotatable bonds is 4. The normalized spacial score (nSPS) is 15.3. The molecule has 1 fully saturated rings. The monoisotopic (exact) mass is 345 g/mol. The van der Waals surface area contributed by atoms with Crippen LogP contribution in [-0.4, -0.2) is 53.5 Å². The van der Waals surface area contributed by atoms with Gasteiger partial charge in [0.2, 0.25) is 0 Å². The highest BCUT2D eigenvalue weighted by Gasteiger charge is 2.17. The maximum Gasteiger partial charge on any atom is 0.275 e. The minimum Gasteiger partial charge on any atom is -0.353 e. The van der Waals surface area contributed by atoms with Gasteiger partial charge in [-0.05, 0) is 30.8 Å². The molecule has 126 valence electrons. The van der Waals surface area contributed by atoms with Gasteiger partial charge in [0.1, 0.15) is 11.5 Å². The van der Waals surface area contributed by atoms with E-state index in [1.165, 1.54) is 6.20 Å². The van der Waals surface area contributed by atoms with E-state index in [9.17, 15) is 4.79 Å². The van der Waals surface area contributed by atoms with Gasteiger partial charge in [0.25, 0.3) is 5.91 Å². The summed E-state index contributed by atoms with van der Waals surface area (Å²) in [5.74, 6) is 0.529. The van der Waals surface area contributed by atoms with Crippen molar-refractivity contribution in [2.45, 2.75) is 6.92 Å². The van der Waals surface area contributed by atoms with E-state index in [-0.39, 0.29) is 5.91 Å². The molecule has 1 aliphatic heterocycles. The number of likely N-dealkylation sites (N-methyl/N-ethyl adjacent to an activating group) is 1.